The second-order valence-corrected chi connectivity index (χ2v) is 5.41. The number of benzene rings is 1. The van der Waals surface area contributed by atoms with E-state index in [-0.39, 0.29) is 6.54 Å². The van der Waals surface area contributed by atoms with Crippen molar-refractivity contribution < 1.29 is 27.4 Å². The van der Waals surface area contributed by atoms with E-state index in [2.05, 4.69) is 5.32 Å². The maximum absolute atomic E-state index is 12.6. The van der Waals surface area contributed by atoms with Crippen molar-refractivity contribution in [2.75, 3.05) is 31.6 Å². The Morgan fingerprint density at radius 1 is 1.30 bits per heavy atom. The minimum atomic E-state index is -4.43. The van der Waals surface area contributed by atoms with E-state index < -0.39 is 24.7 Å². The molecule has 0 aromatic heterocycles. The lowest BCUT2D eigenvalue weighted by molar-refractivity contribution is -0.163. The third kappa shape index (κ3) is 4.67. The molecule has 0 radical (unpaired) electrons. The van der Waals surface area contributed by atoms with Crippen LogP contribution in [0.15, 0.2) is 18.2 Å². The highest BCUT2D eigenvalue weighted by atomic mass is 19.4. The molecule has 0 aliphatic carbocycles. The molecule has 1 aromatic carbocycles. The number of amides is 1. The molecule has 8 heteroatoms. The first-order chi connectivity index (χ1) is 10.8. The first kappa shape index (κ1) is 17.2. The zero-order valence-corrected chi connectivity index (χ0v) is 12.9. The first-order valence-electron chi connectivity index (χ1n) is 7.26. The number of hydrogen-bond acceptors (Lipinski definition) is 4. The van der Waals surface area contributed by atoms with Crippen LogP contribution in [0.1, 0.15) is 13.8 Å². The van der Waals surface area contributed by atoms with Crippen LogP contribution in [0.5, 0.6) is 11.5 Å². The van der Waals surface area contributed by atoms with Crippen LogP contribution in [-0.2, 0) is 4.79 Å². The van der Waals surface area contributed by atoms with Crippen LogP contribution in [0.4, 0.5) is 18.9 Å². The summed E-state index contributed by atoms with van der Waals surface area (Å²) in [6, 6.07) is 4.58. The van der Waals surface area contributed by atoms with Gasteiger partial charge in [-0.05, 0) is 26.0 Å². The van der Waals surface area contributed by atoms with Crippen molar-refractivity contribution >= 4 is 11.6 Å². The molecule has 23 heavy (non-hydrogen) atoms. The molecule has 2 rings (SSSR count). The van der Waals surface area contributed by atoms with Gasteiger partial charge in [-0.25, -0.2) is 0 Å². The lowest BCUT2D eigenvalue weighted by Crippen LogP contribution is -2.45. The molecule has 1 aromatic rings. The monoisotopic (exact) mass is 332 g/mol. The van der Waals surface area contributed by atoms with Crippen molar-refractivity contribution in [3.8, 4) is 11.5 Å². The summed E-state index contributed by atoms with van der Waals surface area (Å²) in [5.41, 5.74) is 0.520. The molecule has 0 spiro atoms. The zero-order valence-electron chi connectivity index (χ0n) is 12.9. The molecule has 0 saturated heterocycles. The van der Waals surface area contributed by atoms with E-state index in [1.807, 2.05) is 0 Å². The molecule has 0 atom stereocenters. The number of ether oxygens (including phenoxy) is 2. The number of nitrogens with zero attached hydrogens (tertiary/aromatic N) is 1. The molecule has 0 saturated carbocycles. The van der Waals surface area contributed by atoms with Crippen molar-refractivity contribution in [2.45, 2.75) is 26.1 Å². The van der Waals surface area contributed by atoms with Gasteiger partial charge in [-0.15, -0.1) is 0 Å². The molecule has 5 nitrogen and oxygen atoms in total. The quantitative estimate of drug-likeness (QED) is 0.901. The van der Waals surface area contributed by atoms with Crippen LogP contribution in [0.2, 0.25) is 0 Å². The van der Waals surface area contributed by atoms with E-state index in [1.54, 1.807) is 32.0 Å². The van der Waals surface area contributed by atoms with Crippen molar-refractivity contribution in [1.82, 2.24) is 4.90 Å². The average Bonchev–Trinajstić information content (AvgIpc) is 2.49. The number of fused-ring (bicyclic) bond motifs is 1. The lowest BCUT2D eigenvalue weighted by Gasteiger charge is -2.28. The van der Waals surface area contributed by atoms with E-state index in [0.717, 1.165) is 4.90 Å². The first-order valence-corrected chi connectivity index (χ1v) is 7.26. The predicted octanol–water partition coefficient (Wildman–Crippen LogP) is 2.67. The van der Waals surface area contributed by atoms with Gasteiger partial charge < -0.3 is 19.7 Å². The van der Waals surface area contributed by atoms with E-state index in [9.17, 15) is 18.0 Å². The second-order valence-electron chi connectivity index (χ2n) is 5.41. The molecule has 0 fully saturated rings. The molecular formula is C15H19F3N2O3. The van der Waals surface area contributed by atoms with Gasteiger partial charge in [0.2, 0.25) is 5.91 Å². The van der Waals surface area contributed by atoms with Crippen LogP contribution in [0, 0.1) is 0 Å². The summed E-state index contributed by atoms with van der Waals surface area (Å²) in [6.07, 6.45) is -4.43. The third-order valence-electron chi connectivity index (χ3n) is 3.29. The fourth-order valence-electron chi connectivity index (χ4n) is 2.24. The van der Waals surface area contributed by atoms with Crippen molar-refractivity contribution in [3.63, 3.8) is 0 Å². The van der Waals surface area contributed by atoms with E-state index in [1.165, 1.54) is 0 Å². The van der Waals surface area contributed by atoms with Crippen LogP contribution in [0.3, 0.4) is 0 Å². The number of anilines is 1. The number of nitrogens with one attached hydrogen (secondary N) is 1. The maximum atomic E-state index is 12.6. The smallest absolute Gasteiger partial charge is 0.406 e. The number of alkyl halides is 3. The molecule has 0 bridgehead atoms. The summed E-state index contributed by atoms with van der Waals surface area (Å²) >= 11 is 0. The van der Waals surface area contributed by atoms with Crippen LogP contribution < -0.4 is 14.8 Å². The SMILES string of the molecule is CC(C)N(CC(F)(F)F)C(=O)CNc1cccc2c1OCCO2. The Kier molecular flexibility index (Phi) is 5.23. The van der Waals surface area contributed by atoms with Crippen molar-refractivity contribution in [3.05, 3.63) is 18.2 Å². The largest absolute Gasteiger partial charge is 0.486 e. The highest BCUT2D eigenvalue weighted by molar-refractivity contribution is 5.82. The highest BCUT2D eigenvalue weighted by Crippen LogP contribution is 2.37. The van der Waals surface area contributed by atoms with Crippen LogP contribution >= 0.6 is 0 Å². The summed E-state index contributed by atoms with van der Waals surface area (Å²) in [5, 5.41) is 2.83. The number of rotatable bonds is 5. The normalized spacial score (nSPS) is 13.8. The Balaban J connectivity index is 2.03. The average molecular weight is 332 g/mol. The Hall–Kier alpha value is -2.12. The Morgan fingerprint density at radius 2 is 2.00 bits per heavy atom. The number of hydrogen-bond donors (Lipinski definition) is 1. The van der Waals surface area contributed by atoms with Gasteiger partial charge in [-0.3, -0.25) is 4.79 Å². The zero-order chi connectivity index (χ0) is 17.0. The fraction of sp³-hybridized carbons (Fsp3) is 0.533. The minimum Gasteiger partial charge on any atom is -0.486 e. The highest BCUT2D eigenvalue weighted by Gasteiger charge is 2.34. The fourth-order valence-corrected chi connectivity index (χ4v) is 2.24. The van der Waals surface area contributed by atoms with Gasteiger partial charge in [0.15, 0.2) is 11.5 Å². The Bertz CT molecular complexity index is 561. The summed E-state index contributed by atoms with van der Waals surface area (Å²) in [5.74, 6) is 0.384. The Morgan fingerprint density at radius 3 is 2.65 bits per heavy atom. The maximum Gasteiger partial charge on any atom is 0.406 e. The second kappa shape index (κ2) is 6.97. The molecular weight excluding hydrogens is 313 g/mol. The topological polar surface area (TPSA) is 50.8 Å². The molecule has 1 heterocycles. The van der Waals surface area contributed by atoms with E-state index >= 15 is 0 Å². The lowest BCUT2D eigenvalue weighted by atomic mass is 10.2. The van der Waals surface area contributed by atoms with Gasteiger partial charge in [-0.2, -0.15) is 13.2 Å². The summed E-state index contributed by atoms with van der Waals surface area (Å²) < 4.78 is 48.6. The standard InChI is InChI=1S/C15H19F3N2O3/c1-10(2)20(9-15(16,17)18)13(21)8-19-11-4-3-5-12-14(11)23-7-6-22-12/h3-5,10,19H,6-9H2,1-2H3. The van der Waals surface area contributed by atoms with Gasteiger partial charge in [0.25, 0.3) is 0 Å². The third-order valence-corrected chi connectivity index (χ3v) is 3.29. The van der Waals surface area contributed by atoms with E-state index in [4.69, 9.17) is 9.47 Å². The number of halogens is 3. The van der Waals surface area contributed by atoms with Crippen LogP contribution in [-0.4, -0.2) is 49.3 Å². The van der Waals surface area contributed by atoms with Crippen LogP contribution in [0.25, 0.3) is 0 Å². The number of carbonyl (C=O) groups is 1. The van der Waals surface area contributed by atoms with Gasteiger partial charge >= 0.3 is 6.18 Å². The molecule has 0 unspecified atom stereocenters. The molecule has 1 aliphatic rings. The summed E-state index contributed by atoms with van der Waals surface area (Å²) in [4.78, 5) is 12.9. The predicted molar refractivity (Wildman–Crippen MR) is 78.8 cm³/mol. The van der Waals surface area contributed by atoms with Crippen molar-refractivity contribution in [2.24, 2.45) is 0 Å². The van der Waals surface area contributed by atoms with Gasteiger partial charge in [-0.1, -0.05) is 6.07 Å². The van der Waals surface area contributed by atoms with Gasteiger partial charge in [0.1, 0.15) is 19.8 Å². The Labute approximate surface area is 132 Å². The van der Waals surface area contributed by atoms with Crippen molar-refractivity contribution in [1.29, 1.82) is 0 Å². The molecule has 1 aliphatic heterocycles. The van der Waals surface area contributed by atoms with E-state index in [0.29, 0.717) is 30.4 Å². The summed E-state index contributed by atoms with van der Waals surface area (Å²) in [6.45, 7) is 2.38. The molecule has 128 valence electrons. The minimum absolute atomic E-state index is 0.256. The number of para-hydroxylation sites is 1. The van der Waals surface area contributed by atoms with Gasteiger partial charge in [0.05, 0.1) is 12.2 Å². The molecule has 1 N–H and O–H groups in total. The molecule has 1 amide bonds. The number of carbonyl (C=O) groups excluding carboxylic acids is 1. The van der Waals surface area contributed by atoms with Gasteiger partial charge in [0, 0.05) is 6.04 Å². The summed E-state index contributed by atoms with van der Waals surface area (Å²) in [7, 11) is 0.